The number of unbranched alkanes of at least 4 members (excludes halogenated alkanes) is 1. The number of esters is 1. The molecule has 0 aliphatic carbocycles. The summed E-state index contributed by atoms with van der Waals surface area (Å²) in [5, 5.41) is 0. The van der Waals surface area contributed by atoms with Gasteiger partial charge in [0.05, 0.1) is 0 Å². The third-order valence-electron chi connectivity index (χ3n) is 1.73. The molecular weight excluding hydrogens is 276 g/mol. The minimum atomic E-state index is -0.252. The normalized spacial score (nSPS) is 10.2. The number of quaternary nitrogens is 2. The molecule has 16 heavy (non-hydrogen) atoms. The third kappa shape index (κ3) is 14.2. The van der Waals surface area contributed by atoms with Crippen molar-refractivity contribution in [3.8, 4) is 0 Å². The fraction of sp³-hybridized carbons (Fsp3) is 0.875. The average molecular weight is 298 g/mol. The van der Waals surface area contributed by atoms with Crippen LogP contribution in [0.4, 0.5) is 0 Å². The molecule has 0 rings (SSSR count). The van der Waals surface area contributed by atoms with Crippen LogP contribution in [0.3, 0.4) is 0 Å². The van der Waals surface area contributed by atoms with E-state index in [0.29, 0.717) is 19.7 Å². The molecule has 8 heteroatoms. The summed E-state index contributed by atoms with van der Waals surface area (Å²) in [5.41, 5.74) is 12.6. The third-order valence-corrected chi connectivity index (χ3v) is 1.73. The Hall–Kier alpha value is 0.220. The molecule has 0 radical (unpaired) electrons. The van der Waals surface area contributed by atoms with Gasteiger partial charge in [-0.1, -0.05) is 0 Å². The Labute approximate surface area is 115 Å². The van der Waals surface area contributed by atoms with Gasteiger partial charge in [0.15, 0.2) is 6.04 Å². The standard InChI is InChI=1S/C8H19N3O2.3ClH/c9-4-2-1-3-7(11)8(12)13-6-5-10;;;/h7H,1-6,9-11H2;3*1H/p-1/t7-;;;/m0.../s1. The quantitative estimate of drug-likeness (QED) is 0.321. The molecule has 0 amide bonds. The molecule has 0 heterocycles. The van der Waals surface area contributed by atoms with Gasteiger partial charge in [-0.25, -0.2) is 4.79 Å². The number of carbonyl (C=O) groups is 1. The van der Waals surface area contributed by atoms with Gasteiger partial charge in [-0.3, -0.25) is 0 Å². The summed E-state index contributed by atoms with van der Waals surface area (Å²) >= 11 is 0. The topological polar surface area (TPSA) is 108 Å². The van der Waals surface area contributed by atoms with Crippen LogP contribution in [-0.2, 0) is 9.53 Å². The number of ether oxygens (including phenoxy) is 1. The Balaban J connectivity index is -0.000000240. The van der Waals surface area contributed by atoms with Crippen molar-refractivity contribution in [3.63, 3.8) is 0 Å². The SMILES string of the molecule is NCCCC[C@H]([NH3+])C(=O)OCC[NH3+].[Cl-].[Cl-].[Cl-]. The maximum Gasteiger partial charge on any atom is 0.364 e. The number of hydrogen-bond donors (Lipinski definition) is 3. The molecule has 102 valence electrons. The van der Waals surface area contributed by atoms with E-state index in [4.69, 9.17) is 10.5 Å². The lowest BCUT2D eigenvalue weighted by Gasteiger charge is -2.06. The minimum Gasteiger partial charge on any atom is -1.00 e. The molecule has 0 aromatic rings. The molecule has 0 spiro atoms. The van der Waals surface area contributed by atoms with Crippen molar-refractivity contribution < 1.29 is 58.2 Å². The Kier molecular flexibility index (Phi) is 27.7. The highest BCUT2D eigenvalue weighted by atomic mass is 35.5. The Morgan fingerprint density at radius 1 is 1.25 bits per heavy atom. The van der Waals surface area contributed by atoms with E-state index < -0.39 is 0 Å². The fourth-order valence-electron chi connectivity index (χ4n) is 0.944. The summed E-state index contributed by atoms with van der Waals surface area (Å²) in [6.45, 7) is 1.67. The second-order valence-electron chi connectivity index (χ2n) is 3.00. The molecule has 0 aromatic heterocycles. The van der Waals surface area contributed by atoms with Crippen molar-refractivity contribution >= 4 is 5.97 Å². The van der Waals surface area contributed by atoms with Gasteiger partial charge in [0, 0.05) is 6.42 Å². The van der Waals surface area contributed by atoms with Crippen molar-refractivity contribution in [1.82, 2.24) is 0 Å². The zero-order valence-corrected chi connectivity index (χ0v) is 11.5. The van der Waals surface area contributed by atoms with Gasteiger partial charge in [0.25, 0.3) is 0 Å². The van der Waals surface area contributed by atoms with E-state index in [2.05, 4.69) is 11.5 Å². The summed E-state index contributed by atoms with van der Waals surface area (Å²) in [6.07, 6.45) is 2.63. The van der Waals surface area contributed by atoms with Gasteiger partial charge >= 0.3 is 5.97 Å². The number of rotatable bonds is 7. The van der Waals surface area contributed by atoms with Gasteiger partial charge < -0.3 is 59.2 Å². The van der Waals surface area contributed by atoms with E-state index in [9.17, 15) is 4.79 Å². The van der Waals surface area contributed by atoms with Crippen molar-refractivity contribution in [3.05, 3.63) is 0 Å². The predicted octanol–water partition coefficient (Wildman–Crippen LogP) is -11.5. The number of nitrogens with two attached hydrogens (primary N) is 1. The molecule has 0 saturated heterocycles. The van der Waals surface area contributed by atoms with Crippen molar-refractivity contribution in [2.24, 2.45) is 5.73 Å². The Morgan fingerprint density at radius 3 is 2.25 bits per heavy atom. The van der Waals surface area contributed by atoms with Crippen LogP contribution in [0.2, 0.25) is 0 Å². The number of hydrogen-bond acceptors (Lipinski definition) is 3. The molecule has 0 aliphatic rings. The van der Waals surface area contributed by atoms with Gasteiger partial charge in [-0.05, 0) is 19.4 Å². The van der Waals surface area contributed by atoms with E-state index in [1.165, 1.54) is 0 Å². The van der Waals surface area contributed by atoms with Crippen molar-refractivity contribution in [2.45, 2.75) is 25.3 Å². The first-order valence-corrected chi connectivity index (χ1v) is 4.71. The lowest BCUT2D eigenvalue weighted by molar-refractivity contribution is -0.412. The van der Waals surface area contributed by atoms with Crippen molar-refractivity contribution in [1.29, 1.82) is 0 Å². The molecule has 0 unspecified atom stereocenters. The Bertz CT molecular complexity index is 152. The summed E-state index contributed by atoms with van der Waals surface area (Å²) < 4.78 is 4.89. The highest BCUT2D eigenvalue weighted by Crippen LogP contribution is 1.97. The first kappa shape index (κ1) is 25.2. The average Bonchev–Trinajstić information content (AvgIpc) is 2.14. The molecule has 0 aliphatic heterocycles. The van der Waals surface area contributed by atoms with E-state index in [1.807, 2.05) is 0 Å². The highest BCUT2D eigenvalue weighted by Gasteiger charge is 2.17. The maximum atomic E-state index is 11.2. The summed E-state index contributed by atoms with van der Waals surface area (Å²) in [4.78, 5) is 11.2. The van der Waals surface area contributed by atoms with Gasteiger partial charge in [0.1, 0.15) is 13.2 Å². The first-order chi connectivity index (χ1) is 6.22. The summed E-state index contributed by atoms with van der Waals surface area (Å²) in [5.74, 6) is -0.222. The second-order valence-corrected chi connectivity index (χ2v) is 3.00. The number of halogens is 3. The van der Waals surface area contributed by atoms with Crippen LogP contribution in [0, 0.1) is 0 Å². The van der Waals surface area contributed by atoms with E-state index >= 15 is 0 Å². The molecule has 8 N–H and O–H groups in total. The second kappa shape index (κ2) is 17.6. The molecule has 0 bridgehead atoms. The predicted molar refractivity (Wildman–Crippen MR) is 48.3 cm³/mol. The van der Waals surface area contributed by atoms with Crippen LogP contribution in [0.5, 0.6) is 0 Å². The summed E-state index contributed by atoms with van der Waals surface area (Å²) in [6, 6.07) is -0.252. The van der Waals surface area contributed by atoms with Crippen molar-refractivity contribution in [2.75, 3.05) is 19.7 Å². The lowest BCUT2D eigenvalue weighted by Crippen LogP contribution is -3.00. The smallest absolute Gasteiger partial charge is 0.364 e. The minimum absolute atomic E-state index is 0. The van der Waals surface area contributed by atoms with E-state index in [0.717, 1.165) is 19.3 Å². The molecule has 0 saturated carbocycles. The zero-order chi connectivity index (χ0) is 10.1. The first-order valence-electron chi connectivity index (χ1n) is 4.71. The van der Waals surface area contributed by atoms with Crippen LogP contribution < -0.4 is 54.4 Å². The largest absolute Gasteiger partial charge is 1.00 e. The molecule has 5 nitrogen and oxygen atoms in total. The number of carbonyl (C=O) groups excluding carboxylic acids is 1. The Morgan fingerprint density at radius 2 is 1.81 bits per heavy atom. The van der Waals surface area contributed by atoms with Crippen LogP contribution in [0.15, 0.2) is 0 Å². The van der Waals surface area contributed by atoms with Gasteiger partial charge in [-0.15, -0.1) is 0 Å². The maximum absolute atomic E-state index is 11.2. The molecule has 0 fully saturated rings. The molecule has 0 aromatic carbocycles. The fourth-order valence-corrected chi connectivity index (χ4v) is 0.944. The van der Waals surface area contributed by atoms with Crippen LogP contribution in [0.1, 0.15) is 19.3 Å². The molecular formula is C8H21Cl3N3O2-. The van der Waals surface area contributed by atoms with E-state index in [-0.39, 0.29) is 49.2 Å². The molecule has 1 atom stereocenters. The highest BCUT2D eigenvalue weighted by molar-refractivity contribution is 5.73. The monoisotopic (exact) mass is 296 g/mol. The van der Waals surface area contributed by atoms with Crippen LogP contribution >= 0.6 is 0 Å². The van der Waals surface area contributed by atoms with Crippen LogP contribution in [0.25, 0.3) is 0 Å². The van der Waals surface area contributed by atoms with Crippen LogP contribution in [-0.4, -0.2) is 31.7 Å². The summed E-state index contributed by atoms with van der Waals surface area (Å²) in [7, 11) is 0. The van der Waals surface area contributed by atoms with Gasteiger partial charge in [-0.2, -0.15) is 0 Å². The van der Waals surface area contributed by atoms with E-state index in [1.54, 1.807) is 0 Å². The zero-order valence-electron chi connectivity index (χ0n) is 9.26. The lowest BCUT2D eigenvalue weighted by atomic mass is 10.1. The van der Waals surface area contributed by atoms with Gasteiger partial charge in [0.2, 0.25) is 0 Å².